The fourth-order valence-corrected chi connectivity index (χ4v) is 2.54. The van der Waals surface area contributed by atoms with Crippen LogP contribution in [0.2, 0.25) is 0 Å². The lowest BCUT2D eigenvalue weighted by molar-refractivity contribution is 0.234. The third kappa shape index (κ3) is 4.38. The van der Waals surface area contributed by atoms with E-state index in [0.29, 0.717) is 11.8 Å². The lowest BCUT2D eigenvalue weighted by atomic mass is 10.3. The number of halogens is 4. The van der Waals surface area contributed by atoms with E-state index in [1.165, 1.54) is 12.1 Å². The first-order valence-electron chi connectivity index (χ1n) is 6.74. The summed E-state index contributed by atoms with van der Waals surface area (Å²) in [4.78, 5) is -0.479. The lowest BCUT2D eigenvalue weighted by Crippen LogP contribution is -2.13. The minimum Gasteiger partial charge on any atom is -0.489 e. The van der Waals surface area contributed by atoms with Gasteiger partial charge in [-0.1, -0.05) is 0 Å². The zero-order valence-corrected chi connectivity index (χ0v) is 13.0. The minimum atomic E-state index is -4.62. The Bertz CT molecular complexity index is 795. The van der Waals surface area contributed by atoms with Crippen molar-refractivity contribution in [2.24, 2.45) is 0 Å². The predicted molar refractivity (Wildman–Crippen MR) is 80.0 cm³/mol. The molecule has 0 aliphatic rings. The zero-order valence-electron chi connectivity index (χ0n) is 12.2. The SMILES string of the molecule is O=S(=O)(c1ccc(NCCOc2ccc(F)cc2F)cc1)C(F)F. The summed E-state index contributed by atoms with van der Waals surface area (Å²) in [5.74, 6) is -5.11. The maximum Gasteiger partial charge on any atom is 0.341 e. The topological polar surface area (TPSA) is 55.4 Å². The second-order valence-electron chi connectivity index (χ2n) is 4.68. The van der Waals surface area contributed by atoms with Crippen LogP contribution < -0.4 is 10.1 Å². The molecule has 0 saturated carbocycles. The Morgan fingerprint density at radius 2 is 1.71 bits per heavy atom. The van der Waals surface area contributed by atoms with E-state index in [0.717, 1.165) is 24.3 Å². The minimum absolute atomic E-state index is 0.0552. The van der Waals surface area contributed by atoms with Crippen LogP contribution in [-0.2, 0) is 9.84 Å². The van der Waals surface area contributed by atoms with Gasteiger partial charge in [-0.3, -0.25) is 0 Å². The van der Waals surface area contributed by atoms with Crippen LogP contribution in [0.3, 0.4) is 0 Å². The van der Waals surface area contributed by atoms with E-state index in [2.05, 4.69) is 5.32 Å². The largest absolute Gasteiger partial charge is 0.489 e. The van der Waals surface area contributed by atoms with Gasteiger partial charge in [0.2, 0.25) is 9.84 Å². The molecule has 4 nitrogen and oxygen atoms in total. The molecular weight excluding hydrogens is 350 g/mol. The average Bonchev–Trinajstić information content (AvgIpc) is 2.53. The Morgan fingerprint density at radius 3 is 2.29 bits per heavy atom. The van der Waals surface area contributed by atoms with Crippen LogP contribution in [0.25, 0.3) is 0 Å². The van der Waals surface area contributed by atoms with Gasteiger partial charge in [0.25, 0.3) is 0 Å². The molecule has 0 heterocycles. The van der Waals surface area contributed by atoms with Crippen molar-refractivity contribution in [3.63, 3.8) is 0 Å². The van der Waals surface area contributed by atoms with Crippen LogP contribution in [0, 0.1) is 11.6 Å². The first kappa shape index (κ1) is 18.1. The molecule has 130 valence electrons. The summed E-state index contributed by atoms with van der Waals surface area (Å²) in [5, 5.41) is 2.85. The molecule has 0 fully saturated rings. The van der Waals surface area contributed by atoms with Crippen LogP contribution in [0.1, 0.15) is 0 Å². The highest BCUT2D eigenvalue weighted by Crippen LogP contribution is 2.20. The van der Waals surface area contributed by atoms with Crippen molar-refractivity contribution in [3.8, 4) is 5.75 Å². The molecule has 2 aromatic rings. The van der Waals surface area contributed by atoms with Gasteiger partial charge in [-0.15, -0.1) is 0 Å². The molecular formula is C15H13F4NO3S. The maximum absolute atomic E-state index is 13.3. The number of sulfone groups is 1. The number of benzene rings is 2. The molecule has 0 aliphatic heterocycles. The molecule has 0 bridgehead atoms. The summed E-state index contributed by atoms with van der Waals surface area (Å²) in [6, 6.07) is 7.70. The van der Waals surface area contributed by atoms with Crippen molar-refractivity contribution in [3.05, 3.63) is 54.1 Å². The van der Waals surface area contributed by atoms with Gasteiger partial charge in [-0.2, -0.15) is 8.78 Å². The second kappa shape index (κ2) is 7.52. The normalized spacial score (nSPS) is 11.5. The molecule has 0 atom stereocenters. The molecule has 1 N–H and O–H groups in total. The number of hydrogen-bond donors (Lipinski definition) is 1. The van der Waals surface area contributed by atoms with Gasteiger partial charge in [0.15, 0.2) is 11.6 Å². The maximum atomic E-state index is 13.3. The third-order valence-electron chi connectivity index (χ3n) is 3.00. The predicted octanol–water partition coefficient (Wildman–Crippen LogP) is 3.45. The summed E-state index contributed by atoms with van der Waals surface area (Å²) < 4.78 is 78.5. The number of hydrogen-bond acceptors (Lipinski definition) is 4. The smallest absolute Gasteiger partial charge is 0.341 e. The average molecular weight is 363 g/mol. The van der Waals surface area contributed by atoms with Crippen molar-refractivity contribution in [2.45, 2.75) is 10.7 Å². The molecule has 0 aliphatic carbocycles. The van der Waals surface area contributed by atoms with Crippen LogP contribution >= 0.6 is 0 Å². The lowest BCUT2D eigenvalue weighted by Gasteiger charge is -2.10. The van der Waals surface area contributed by atoms with Crippen LogP contribution in [0.4, 0.5) is 23.2 Å². The number of nitrogens with one attached hydrogen (secondary N) is 1. The van der Waals surface area contributed by atoms with Crippen molar-refractivity contribution in [1.29, 1.82) is 0 Å². The molecule has 2 rings (SSSR count). The number of rotatable bonds is 7. The van der Waals surface area contributed by atoms with Gasteiger partial charge in [0, 0.05) is 18.3 Å². The van der Waals surface area contributed by atoms with Gasteiger partial charge in [-0.05, 0) is 36.4 Å². The molecule has 0 spiro atoms. The van der Waals surface area contributed by atoms with Crippen molar-refractivity contribution in [2.75, 3.05) is 18.5 Å². The summed E-state index contributed by atoms with van der Waals surface area (Å²) in [6.45, 7) is 0.289. The fourth-order valence-electron chi connectivity index (χ4n) is 1.81. The summed E-state index contributed by atoms with van der Waals surface area (Å²) in [5.41, 5.74) is 0.478. The van der Waals surface area contributed by atoms with Gasteiger partial charge in [0.05, 0.1) is 4.90 Å². The Balaban J connectivity index is 1.87. The highest BCUT2D eigenvalue weighted by molar-refractivity contribution is 7.91. The first-order valence-corrected chi connectivity index (χ1v) is 8.29. The van der Waals surface area contributed by atoms with Crippen molar-refractivity contribution in [1.82, 2.24) is 0 Å². The molecule has 0 aromatic heterocycles. The van der Waals surface area contributed by atoms with E-state index in [1.807, 2.05) is 0 Å². The summed E-state index contributed by atoms with van der Waals surface area (Å²) >= 11 is 0. The third-order valence-corrected chi connectivity index (χ3v) is 4.40. The monoisotopic (exact) mass is 363 g/mol. The van der Waals surface area contributed by atoms with E-state index in [4.69, 9.17) is 4.74 Å². The van der Waals surface area contributed by atoms with Crippen LogP contribution in [-0.4, -0.2) is 27.3 Å². The van der Waals surface area contributed by atoms with E-state index < -0.39 is 32.1 Å². The molecule has 24 heavy (non-hydrogen) atoms. The highest BCUT2D eigenvalue weighted by Gasteiger charge is 2.26. The fraction of sp³-hybridized carbons (Fsp3) is 0.200. The summed E-state index contributed by atoms with van der Waals surface area (Å²) in [6.07, 6.45) is 0. The number of ether oxygens (including phenoxy) is 1. The van der Waals surface area contributed by atoms with E-state index >= 15 is 0 Å². The van der Waals surface area contributed by atoms with Gasteiger partial charge >= 0.3 is 5.76 Å². The zero-order chi connectivity index (χ0) is 17.7. The molecule has 0 saturated heterocycles. The van der Waals surface area contributed by atoms with Crippen LogP contribution in [0.15, 0.2) is 47.4 Å². The number of anilines is 1. The molecule has 0 radical (unpaired) electrons. The van der Waals surface area contributed by atoms with Gasteiger partial charge in [0.1, 0.15) is 12.4 Å². The number of alkyl halides is 2. The van der Waals surface area contributed by atoms with Gasteiger partial charge < -0.3 is 10.1 Å². The standard InChI is InChI=1S/C15H13F4NO3S/c16-10-1-6-14(13(17)9-10)23-8-7-20-11-2-4-12(5-3-11)24(21,22)15(18)19/h1-6,9,15,20H,7-8H2. The molecule has 0 amide bonds. The Labute approximate surface area is 136 Å². The Kier molecular flexibility index (Phi) is 5.66. The Hall–Kier alpha value is -2.29. The van der Waals surface area contributed by atoms with E-state index in [1.54, 1.807) is 0 Å². The van der Waals surface area contributed by atoms with Crippen LogP contribution in [0.5, 0.6) is 5.75 Å². The molecule has 0 unspecified atom stereocenters. The van der Waals surface area contributed by atoms with Gasteiger partial charge in [-0.25, -0.2) is 17.2 Å². The quantitative estimate of drug-likeness (QED) is 0.605. The first-order chi connectivity index (χ1) is 11.3. The molecule has 2 aromatic carbocycles. The van der Waals surface area contributed by atoms with Crippen molar-refractivity contribution >= 4 is 15.5 Å². The summed E-state index contributed by atoms with van der Waals surface area (Å²) in [7, 11) is -4.62. The molecule has 9 heteroatoms. The van der Waals surface area contributed by atoms with Crippen molar-refractivity contribution < 1.29 is 30.7 Å². The second-order valence-corrected chi connectivity index (χ2v) is 6.60. The van der Waals surface area contributed by atoms with E-state index in [9.17, 15) is 26.0 Å². The van der Waals surface area contributed by atoms with E-state index in [-0.39, 0.29) is 18.9 Å². The Morgan fingerprint density at radius 1 is 1.04 bits per heavy atom. The highest BCUT2D eigenvalue weighted by atomic mass is 32.2.